The molecule has 1 heterocycles. The molecule has 0 amide bonds. The fraction of sp³-hybridized carbons (Fsp3) is 0.231. The Morgan fingerprint density at radius 2 is 2.05 bits per heavy atom. The van der Waals surface area contributed by atoms with Gasteiger partial charge in [-0.25, -0.2) is 9.37 Å². The van der Waals surface area contributed by atoms with Crippen LogP contribution in [0.2, 0.25) is 0 Å². The Labute approximate surface area is 114 Å². The van der Waals surface area contributed by atoms with Crippen molar-refractivity contribution in [1.29, 1.82) is 0 Å². The lowest BCUT2D eigenvalue weighted by Gasteiger charge is -2.08. The van der Waals surface area contributed by atoms with Crippen LogP contribution in [0.1, 0.15) is 12.7 Å². The molecule has 20 heavy (non-hydrogen) atoms. The van der Waals surface area contributed by atoms with Gasteiger partial charge in [0, 0.05) is 12.7 Å². The molecule has 0 saturated carbocycles. The van der Waals surface area contributed by atoms with Crippen LogP contribution in [0.4, 0.5) is 14.6 Å². The molecule has 2 N–H and O–H groups in total. The van der Waals surface area contributed by atoms with Crippen molar-refractivity contribution < 1.29 is 18.3 Å². The maximum absolute atomic E-state index is 13.5. The van der Waals surface area contributed by atoms with Gasteiger partial charge >= 0.3 is 0 Å². The van der Waals surface area contributed by atoms with E-state index in [4.69, 9.17) is 15.2 Å². The monoisotopic (exact) mass is 281 g/mol. The molecule has 1 aromatic heterocycles. The molecule has 2 rings (SSSR count). The van der Waals surface area contributed by atoms with Crippen molar-refractivity contribution in [2.75, 3.05) is 12.3 Å². The SMILES string of the molecule is CCOCc1nc(N)cc(Oc2cccc(F)c2F)n1. The first kappa shape index (κ1) is 14.1. The number of ether oxygens (including phenoxy) is 2. The Morgan fingerprint density at radius 3 is 2.80 bits per heavy atom. The normalized spacial score (nSPS) is 10.6. The summed E-state index contributed by atoms with van der Waals surface area (Å²) in [5.41, 5.74) is 5.60. The van der Waals surface area contributed by atoms with Crippen molar-refractivity contribution in [1.82, 2.24) is 9.97 Å². The summed E-state index contributed by atoms with van der Waals surface area (Å²) >= 11 is 0. The van der Waals surface area contributed by atoms with Gasteiger partial charge in [-0.05, 0) is 19.1 Å². The summed E-state index contributed by atoms with van der Waals surface area (Å²) in [6.07, 6.45) is 0. The number of halogens is 2. The summed E-state index contributed by atoms with van der Waals surface area (Å²) < 4.78 is 36.9. The predicted octanol–water partition coefficient (Wildman–Crippen LogP) is 2.67. The molecule has 0 bridgehead atoms. The van der Waals surface area contributed by atoms with Crippen molar-refractivity contribution in [3.8, 4) is 11.6 Å². The second-order valence-electron chi connectivity index (χ2n) is 3.84. The highest BCUT2D eigenvalue weighted by molar-refractivity contribution is 5.36. The van der Waals surface area contributed by atoms with Crippen molar-refractivity contribution in [2.45, 2.75) is 13.5 Å². The molecule has 5 nitrogen and oxygen atoms in total. The molecule has 0 aliphatic rings. The van der Waals surface area contributed by atoms with Gasteiger partial charge in [0.2, 0.25) is 11.7 Å². The van der Waals surface area contributed by atoms with E-state index in [0.29, 0.717) is 12.4 Å². The largest absolute Gasteiger partial charge is 0.436 e. The number of benzene rings is 1. The highest BCUT2D eigenvalue weighted by atomic mass is 19.2. The van der Waals surface area contributed by atoms with E-state index < -0.39 is 11.6 Å². The highest BCUT2D eigenvalue weighted by Crippen LogP contribution is 2.25. The number of anilines is 1. The molecule has 0 atom stereocenters. The van der Waals surface area contributed by atoms with Crippen LogP contribution in [-0.2, 0) is 11.3 Å². The summed E-state index contributed by atoms with van der Waals surface area (Å²) in [5, 5.41) is 0. The van der Waals surface area contributed by atoms with E-state index in [0.717, 1.165) is 6.07 Å². The molecule has 2 aromatic rings. The summed E-state index contributed by atoms with van der Waals surface area (Å²) in [5.74, 6) is -1.88. The van der Waals surface area contributed by atoms with Crippen LogP contribution in [0.15, 0.2) is 24.3 Å². The van der Waals surface area contributed by atoms with Gasteiger partial charge < -0.3 is 15.2 Å². The zero-order chi connectivity index (χ0) is 14.5. The van der Waals surface area contributed by atoms with Crippen molar-refractivity contribution in [2.24, 2.45) is 0 Å². The van der Waals surface area contributed by atoms with Crippen molar-refractivity contribution in [3.05, 3.63) is 41.7 Å². The Balaban J connectivity index is 2.24. The molecule has 0 aliphatic heterocycles. The quantitative estimate of drug-likeness (QED) is 0.912. The average Bonchev–Trinajstić information content (AvgIpc) is 2.41. The Morgan fingerprint density at radius 1 is 1.25 bits per heavy atom. The zero-order valence-corrected chi connectivity index (χ0v) is 10.8. The highest BCUT2D eigenvalue weighted by Gasteiger charge is 2.11. The van der Waals surface area contributed by atoms with Gasteiger partial charge in [0.15, 0.2) is 17.4 Å². The van der Waals surface area contributed by atoms with E-state index in [1.165, 1.54) is 18.2 Å². The van der Waals surface area contributed by atoms with E-state index in [9.17, 15) is 8.78 Å². The van der Waals surface area contributed by atoms with Gasteiger partial charge in [-0.2, -0.15) is 9.37 Å². The molecule has 0 fully saturated rings. The van der Waals surface area contributed by atoms with Gasteiger partial charge in [0.25, 0.3) is 0 Å². The first-order valence-corrected chi connectivity index (χ1v) is 5.93. The van der Waals surface area contributed by atoms with Crippen molar-refractivity contribution >= 4 is 5.82 Å². The molecule has 106 valence electrons. The van der Waals surface area contributed by atoms with E-state index >= 15 is 0 Å². The predicted molar refractivity (Wildman–Crippen MR) is 68.2 cm³/mol. The lowest BCUT2D eigenvalue weighted by molar-refractivity contribution is 0.128. The number of hydrogen-bond acceptors (Lipinski definition) is 5. The van der Waals surface area contributed by atoms with E-state index in [2.05, 4.69) is 9.97 Å². The third-order valence-corrected chi connectivity index (χ3v) is 2.33. The van der Waals surface area contributed by atoms with Gasteiger partial charge in [0.05, 0.1) is 0 Å². The van der Waals surface area contributed by atoms with Crippen LogP contribution in [0.25, 0.3) is 0 Å². The van der Waals surface area contributed by atoms with Gasteiger partial charge in [-0.1, -0.05) is 6.07 Å². The number of rotatable bonds is 5. The van der Waals surface area contributed by atoms with E-state index in [1.54, 1.807) is 0 Å². The van der Waals surface area contributed by atoms with Gasteiger partial charge in [-0.15, -0.1) is 0 Å². The van der Waals surface area contributed by atoms with Crippen LogP contribution in [0.5, 0.6) is 11.6 Å². The maximum atomic E-state index is 13.5. The summed E-state index contributed by atoms with van der Waals surface area (Å²) in [7, 11) is 0. The maximum Gasteiger partial charge on any atom is 0.224 e. The van der Waals surface area contributed by atoms with Crippen molar-refractivity contribution in [3.63, 3.8) is 0 Å². The fourth-order valence-electron chi connectivity index (χ4n) is 1.48. The lowest BCUT2D eigenvalue weighted by Crippen LogP contribution is -2.04. The second kappa shape index (κ2) is 6.25. The molecule has 0 radical (unpaired) electrons. The molecule has 1 aromatic carbocycles. The smallest absolute Gasteiger partial charge is 0.224 e. The molecular weight excluding hydrogens is 268 g/mol. The van der Waals surface area contributed by atoms with E-state index in [-0.39, 0.29) is 24.1 Å². The molecule has 0 aliphatic carbocycles. The second-order valence-corrected chi connectivity index (χ2v) is 3.84. The molecule has 0 saturated heterocycles. The lowest BCUT2D eigenvalue weighted by atomic mass is 10.3. The number of nitrogens with two attached hydrogens (primary N) is 1. The number of nitrogens with zero attached hydrogens (tertiary/aromatic N) is 2. The first-order valence-electron chi connectivity index (χ1n) is 5.93. The zero-order valence-electron chi connectivity index (χ0n) is 10.8. The van der Waals surface area contributed by atoms with Gasteiger partial charge in [0.1, 0.15) is 12.4 Å². The van der Waals surface area contributed by atoms with E-state index in [1.807, 2.05) is 6.92 Å². The molecule has 7 heteroatoms. The molecule has 0 unspecified atom stereocenters. The topological polar surface area (TPSA) is 70.3 Å². The average molecular weight is 281 g/mol. The molecule has 0 spiro atoms. The minimum atomic E-state index is -1.09. The summed E-state index contributed by atoms with van der Waals surface area (Å²) in [6.45, 7) is 2.47. The first-order chi connectivity index (χ1) is 9.60. The van der Waals surface area contributed by atoms with Crippen LogP contribution in [-0.4, -0.2) is 16.6 Å². The number of hydrogen-bond donors (Lipinski definition) is 1. The third-order valence-electron chi connectivity index (χ3n) is 2.33. The Kier molecular flexibility index (Phi) is 4.41. The number of nitrogen functional groups attached to an aromatic ring is 1. The van der Waals surface area contributed by atoms with Crippen LogP contribution in [0.3, 0.4) is 0 Å². The minimum absolute atomic E-state index is 0.0247. The van der Waals surface area contributed by atoms with Crippen LogP contribution >= 0.6 is 0 Å². The third kappa shape index (κ3) is 3.39. The Hall–Kier alpha value is -2.28. The fourth-order valence-corrected chi connectivity index (χ4v) is 1.48. The van der Waals surface area contributed by atoms with Crippen LogP contribution in [0, 0.1) is 11.6 Å². The minimum Gasteiger partial charge on any atom is -0.436 e. The molecular formula is C13H13F2N3O2. The number of aromatic nitrogens is 2. The summed E-state index contributed by atoms with van der Waals surface area (Å²) in [6, 6.07) is 4.94. The summed E-state index contributed by atoms with van der Waals surface area (Å²) in [4.78, 5) is 7.96. The van der Waals surface area contributed by atoms with Gasteiger partial charge in [-0.3, -0.25) is 0 Å². The standard InChI is InChI=1S/C13H13F2N3O2/c1-2-19-7-11-17-10(16)6-12(18-11)20-9-5-3-4-8(14)13(9)15/h3-6H,2,7H2,1H3,(H2,16,17,18). The van der Waals surface area contributed by atoms with Crippen LogP contribution < -0.4 is 10.5 Å². The Bertz CT molecular complexity index is 608.